The van der Waals surface area contributed by atoms with Crippen molar-refractivity contribution in [2.45, 2.75) is 52.4 Å². The lowest BCUT2D eigenvalue weighted by atomic mass is 9.81. The fourth-order valence-corrected chi connectivity index (χ4v) is 18.7. The minimum atomic E-state index is -0.167. The van der Waals surface area contributed by atoms with E-state index in [0.29, 0.717) is 0 Å². The third-order valence-electron chi connectivity index (χ3n) is 23.5. The first-order valence-electron chi connectivity index (χ1n) is 37.9. The van der Waals surface area contributed by atoms with E-state index < -0.39 is 0 Å². The van der Waals surface area contributed by atoms with Gasteiger partial charge in [-0.1, -0.05) is 278 Å². The molecule has 0 unspecified atom stereocenters. The zero-order valence-electron chi connectivity index (χ0n) is 61.2. The summed E-state index contributed by atoms with van der Waals surface area (Å²) < 4.78 is 40.0. The highest BCUT2D eigenvalue weighted by Crippen LogP contribution is 2.55. The highest BCUT2D eigenvalue weighted by Gasteiger charge is 2.38. The molecule has 112 heavy (non-hydrogen) atoms. The second-order valence-corrected chi connectivity index (χ2v) is 31.4. The lowest BCUT2D eigenvalue weighted by Gasteiger charge is -2.28. The lowest BCUT2D eigenvalue weighted by Crippen LogP contribution is -2.16. The average molecular weight is 1510 g/mol. The molecule has 2 aliphatic carbocycles. The zero-order chi connectivity index (χ0) is 74.0. The van der Waals surface area contributed by atoms with E-state index in [9.17, 15) is 0 Å². The summed E-state index contributed by atoms with van der Waals surface area (Å²) in [6.45, 7) is 9.35. The number of para-hydroxylation sites is 4. The summed E-state index contributed by atoms with van der Waals surface area (Å²) in [5.41, 5.74) is 31.3. The molecule has 6 heterocycles. The molecule has 8 heteroatoms. The Morgan fingerprint density at radius 1 is 0.259 bits per heavy atom. The maximum atomic E-state index is 6.97. The van der Waals surface area contributed by atoms with Crippen LogP contribution >= 0.6 is 15.9 Å². The summed E-state index contributed by atoms with van der Waals surface area (Å²) in [7, 11) is 0. The first-order chi connectivity index (χ1) is 54.4. The predicted molar refractivity (Wildman–Crippen MR) is 467 cm³/mol. The van der Waals surface area contributed by atoms with Crippen molar-refractivity contribution in [3.05, 3.63) is 365 Å². The molecule has 0 aliphatic heterocycles. The van der Waals surface area contributed by atoms with Crippen LogP contribution in [-0.2, 0) is 17.3 Å². The van der Waals surface area contributed by atoms with Crippen LogP contribution < -0.4 is 4.90 Å². The summed E-state index contributed by atoms with van der Waals surface area (Å²) in [4.78, 5) is 2.34. The number of nitrogens with zero attached hydrogens (tertiary/aromatic N) is 1. The van der Waals surface area contributed by atoms with Gasteiger partial charge in [0.15, 0.2) is 5.58 Å². The largest absolute Gasteiger partial charge is 0.456 e. The van der Waals surface area contributed by atoms with Gasteiger partial charge in [-0.15, -0.1) is 0 Å². The highest BCUT2D eigenvalue weighted by atomic mass is 79.9. The summed E-state index contributed by atoms with van der Waals surface area (Å²) >= 11 is 3.65. The van der Waals surface area contributed by atoms with Crippen molar-refractivity contribution in [2.24, 2.45) is 0 Å². The van der Waals surface area contributed by atoms with E-state index in [1.54, 1.807) is 0 Å². The Morgan fingerprint density at radius 2 is 0.652 bits per heavy atom. The summed E-state index contributed by atoms with van der Waals surface area (Å²) in [6.07, 6.45) is 0.967. The molecule has 0 radical (unpaired) electrons. The van der Waals surface area contributed by atoms with E-state index in [1.807, 2.05) is 66.7 Å². The van der Waals surface area contributed by atoms with E-state index in [-0.39, 0.29) is 18.3 Å². The van der Waals surface area contributed by atoms with Crippen molar-refractivity contribution >= 4 is 165 Å². The van der Waals surface area contributed by atoms with Crippen molar-refractivity contribution < 1.29 is 26.5 Å². The topological polar surface area (TPSA) is 82.1 Å². The number of furan rings is 6. The molecule has 7 nitrogen and oxygen atoms in total. The number of fused-ring (bicyclic) bond motifs is 28. The first kappa shape index (κ1) is 66.8. The monoisotopic (exact) mass is 1510 g/mol. The molecule has 0 saturated heterocycles. The number of hydrogen-bond acceptors (Lipinski definition) is 7. The van der Waals surface area contributed by atoms with Crippen molar-refractivity contribution in [3.8, 4) is 44.5 Å². The molecular formula is C104H72BrNO6. The molecule has 16 aromatic carbocycles. The van der Waals surface area contributed by atoms with Gasteiger partial charge in [-0.25, -0.2) is 0 Å². The third-order valence-corrected chi connectivity index (χ3v) is 24.1. The van der Waals surface area contributed by atoms with Crippen LogP contribution in [0.5, 0.6) is 0 Å². The molecule has 0 spiro atoms. The van der Waals surface area contributed by atoms with E-state index in [2.05, 4.69) is 309 Å². The van der Waals surface area contributed by atoms with Crippen LogP contribution in [-0.4, -0.2) is 0 Å². The number of anilines is 3. The second kappa shape index (κ2) is 25.6. The molecule has 0 N–H and O–H groups in total. The average Bonchev–Trinajstić information content (AvgIpc) is 1.55. The standard InChI is InChI=1S/C51H33NO3.C28H24.C24H11BrO3.CH4/c1-51(2)39-17-9-6-14-34(39)35-25-24-33(28-40(35)51)52(32-22-20-31(21-23-32)30-12-4-3-5-13-30)41-29-45-47(46-38-16-8-11-19-43(38)55-50(41)46)48-44(53-45)27-26-37-36-15-7-10-18-42(36)54-49(37)48;1-28(2)26-11-7-6-10-24(26)25-17-14-21(19-27(25)28)18-20-12-15-23(16-13-20)22-8-4-3-5-9-22;25-15-11-19-21(20-14-6-2-4-8-17(14)28-24(15)20)22-18(26-19)10-9-13-12-5-1-3-7-16(12)27-23(13)22;/h3-29H,1-2H3;3-17,19H,18H2,1-2H3;1-11H;1H4. The molecule has 0 atom stereocenters. The fourth-order valence-electron chi connectivity index (χ4n) is 18.2. The van der Waals surface area contributed by atoms with Gasteiger partial charge in [-0.3, -0.25) is 0 Å². The Bertz CT molecular complexity index is 7550. The predicted octanol–water partition coefficient (Wildman–Crippen LogP) is 30.9. The van der Waals surface area contributed by atoms with Gasteiger partial charge < -0.3 is 31.4 Å². The van der Waals surface area contributed by atoms with E-state index >= 15 is 0 Å². The van der Waals surface area contributed by atoms with Gasteiger partial charge in [0, 0.05) is 82.1 Å². The number of halogens is 1. The Kier molecular flexibility index (Phi) is 15.3. The quantitative estimate of drug-likeness (QED) is 0.157. The van der Waals surface area contributed by atoms with Crippen molar-refractivity contribution in [1.82, 2.24) is 0 Å². The van der Waals surface area contributed by atoms with Crippen LogP contribution in [0.15, 0.2) is 359 Å². The van der Waals surface area contributed by atoms with Crippen molar-refractivity contribution in [2.75, 3.05) is 4.90 Å². The van der Waals surface area contributed by atoms with Gasteiger partial charge in [0.25, 0.3) is 0 Å². The number of rotatable bonds is 7. The zero-order valence-corrected chi connectivity index (χ0v) is 62.7. The highest BCUT2D eigenvalue weighted by molar-refractivity contribution is 9.10. The lowest BCUT2D eigenvalue weighted by molar-refractivity contribution is 0.659. The Labute approximate surface area is 653 Å². The molecule has 24 rings (SSSR count). The van der Waals surface area contributed by atoms with E-state index in [1.165, 1.54) is 72.3 Å². The van der Waals surface area contributed by atoms with Gasteiger partial charge in [0.2, 0.25) is 0 Å². The summed E-state index contributed by atoms with van der Waals surface area (Å²) in [5, 5.41) is 12.5. The van der Waals surface area contributed by atoms with Gasteiger partial charge in [-0.2, -0.15) is 0 Å². The molecule has 536 valence electrons. The molecule has 0 fully saturated rings. The maximum Gasteiger partial charge on any atom is 0.160 e. The summed E-state index contributed by atoms with van der Waals surface area (Å²) in [5.74, 6) is 0. The minimum absolute atomic E-state index is 0. The van der Waals surface area contributed by atoms with Crippen molar-refractivity contribution in [1.29, 1.82) is 0 Å². The van der Waals surface area contributed by atoms with Crippen LogP contribution in [0.3, 0.4) is 0 Å². The molecule has 22 aromatic rings. The first-order valence-corrected chi connectivity index (χ1v) is 38.7. The Morgan fingerprint density at radius 3 is 1.20 bits per heavy atom. The van der Waals surface area contributed by atoms with Crippen LogP contribution in [0, 0.1) is 0 Å². The van der Waals surface area contributed by atoms with Crippen LogP contribution in [0.4, 0.5) is 17.1 Å². The van der Waals surface area contributed by atoms with Gasteiger partial charge in [0.05, 0.1) is 20.9 Å². The molecule has 0 amide bonds. The van der Waals surface area contributed by atoms with Gasteiger partial charge in [0.1, 0.15) is 61.4 Å². The van der Waals surface area contributed by atoms with Crippen LogP contribution in [0.1, 0.15) is 68.5 Å². The third kappa shape index (κ3) is 10.3. The number of hydrogen-bond donors (Lipinski definition) is 0. The molecule has 0 saturated carbocycles. The van der Waals surface area contributed by atoms with Crippen LogP contribution in [0.25, 0.3) is 176 Å². The molecule has 6 aromatic heterocycles. The van der Waals surface area contributed by atoms with Gasteiger partial charge in [-0.05, 0) is 179 Å². The van der Waals surface area contributed by atoms with E-state index in [4.69, 9.17) is 26.5 Å². The second-order valence-electron chi connectivity index (χ2n) is 30.6. The number of benzene rings is 16. The molecule has 0 bridgehead atoms. The molecular weight excluding hydrogens is 1440 g/mol. The van der Waals surface area contributed by atoms with Gasteiger partial charge >= 0.3 is 0 Å². The summed E-state index contributed by atoms with van der Waals surface area (Å²) in [6, 6.07) is 116. The van der Waals surface area contributed by atoms with Crippen molar-refractivity contribution in [3.63, 3.8) is 0 Å². The van der Waals surface area contributed by atoms with E-state index in [0.717, 1.165) is 165 Å². The fraction of sp³-hybridized carbons (Fsp3) is 0.0769. The minimum Gasteiger partial charge on any atom is -0.456 e. The Balaban J connectivity index is 0.000000117. The SMILES string of the molecule is Brc1cc2oc3ccc4c5ccccc5oc4c3c2c2c1oc1ccccc12.C.CC1(C)c2ccccc2-c2ccc(Cc3ccc(-c4ccccc4)cc3)cc21.CC1(C)c2ccccc2-c2ccc(N(c3ccc(-c4ccccc4)cc3)c3cc4oc5ccc6c7ccccc7oc6c5c4c4c3oc3ccccc34)cc21. The molecule has 2 aliphatic rings. The Hall–Kier alpha value is -13.4. The van der Waals surface area contributed by atoms with Crippen LogP contribution in [0.2, 0.25) is 0 Å². The smallest absolute Gasteiger partial charge is 0.160 e. The normalized spacial score (nSPS) is 13.2. The maximum absolute atomic E-state index is 6.97.